The number of ether oxygens (including phenoxy) is 1. The van der Waals surface area contributed by atoms with Crippen LogP contribution in [-0.4, -0.2) is 46.0 Å². The van der Waals surface area contributed by atoms with Crippen LogP contribution in [-0.2, 0) is 14.6 Å². The summed E-state index contributed by atoms with van der Waals surface area (Å²) in [5.74, 6) is 0.965. The van der Waals surface area contributed by atoms with Crippen LogP contribution >= 0.6 is 23.4 Å². The number of thioether (sulfide) groups is 1. The largest absolute Gasteiger partial charge is 0.494 e. The van der Waals surface area contributed by atoms with Crippen molar-refractivity contribution < 1.29 is 17.9 Å². The Morgan fingerprint density at radius 1 is 1.18 bits per heavy atom. The zero-order valence-corrected chi connectivity index (χ0v) is 18.1. The fourth-order valence-electron chi connectivity index (χ4n) is 2.34. The van der Waals surface area contributed by atoms with Gasteiger partial charge in [0.25, 0.3) is 0 Å². The highest BCUT2D eigenvalue weighted by molar-refractivity contribution is 7.99. The van der Waals surface area contributed by atoms with Crippen molar-refractivity contribution in [2.24, 2.45) is 0 Å². The summed E-state index contributed by atoms with van der Waals surface area (Å²) < 4.78 is 29.4. The SMILES string of the molecule is CCOc1ccc(NCC(=O)NCCSc2ccc(Cl)cc2)c(S(C)(=O)=O)c1. The number of carbonyl (C=O) groups excluding carboxylic acids is 1. The lowest BCUT2D eigenvalue weighted by Crippen LogP contribution is -2.31. The van der Waals surface area contributed by atoms with Crippen LogP contribution in [0.1, 0.15) is 6.92 Å². The molecule has 0 atom stereocenters. The van der Waals surface area contributed by atoms with Crippen molar-refractivity contribution in [1.82, 2.24) is 5.32 Å². The number of nitrogens with one attached hydrogen (secondary N) is 2. The van der Waals surface area contributed by atoms with Crippen molar-refractivity contribution >= 4 is 44.8 Å². The van der Waals surface area contributed by atoms with Crippen molar-refractivity contribution in [3.05, 3.63) is 47.5 Å². The molecule has 0 aliphatic heterocycles. The summed E-state index contributed by atoms with van der Waals surface area (Å²) in [6.45, 7) is 2.73. The third kappa shape index (κ3) is 7.26. The molecular weight excluding hydrogens is 420 g/mol. The van der Waals surface area contributed by atoms with Crippen LogP contribution in [0.15, 0.2) is 52.3 Å². The first-order valence-electron chi connectivity index (χ1n) is 8.65. The van der Waals surface area contributed by atoms with E-state index in [0.29, 0.717) is 35.4 Å². The van der Waals surface area contributed by atoms with Crippen LogP contribution in [0.2, 0.25) is 5.02 Å². The van der Waals surface area contributed by atoms with Gasteiger partial charge in [-0.2, -0.15) is 0 Å². The molecule has 0 fully saturated rings. The second-order valence-corrected chi connectivity index (χ2v) is 9.46. The average Bonchev–Trinajstić information content (AvgIpc) is 2.65. The van der Waals surface area contributed by atoms with Crippen LogP contribution in [0.5, 0.6) is 5.75 Å². The third-order valence-corrected chi connectivity index (χ3v) is 6.01. The van der Waals surface area contributed by atoms with Crippen LogP contribution in [0.3, 0.4) is 0 Å². The topological polar surface area (TPSA) is 84.5 Å². The number of benzene rings is 2. The van der Waals surface area contributed by atoms with Gasteiger partial charge in [-0.3, -0.25) is 4.79 Å². The predicted molar refractivity (Wildman–Crippen MR) is 114 cm³/mol. The maximum atomic E-state index is 12.0. The number of hydrogen-bond acceptors (Lipinski definition) is 6. The lowest BCUT2D eigenvalue weighted by atomic mass is 10.3. The van der Waals surface area contributed by atoms with E-state index in [1.54, 1.807) is 23.9 Å². The quantitative estimate of drug-likeness (QED) is 0.433. The minimum atomic E-state index is -3.46. The molecular formula is C19H23ClN2O4S2. The van der Waals surface area contributed by atoms with E-state index in [-0.39, 0.29) is 17.3 Å². The van der Waals surface area contributed by atoms with Gasteiger partial charge in [0, 0.05) is 34.5 Å². The number of carbonyl (C=O) groups is 1. The third-order valence-electron chi connectivity index (χ3n) is 3.61. The summed E-state index contributed by atoms with van der Waals surface area (Å²) in [6.07, 6.45) is 1.12. The van der Waals surface area contributed by atoms with Crippen LogP contribution in [0, 0.1) is 0 Å². The Hall–Kier alpha value is -1.90. The Morgan fingerprint density at radius 3 is 2.54 bits per heavy atom. The molecule has 0 spiro atoms. The lowest BCUT2D eigenvalue weighted by Gasteiger charge is -2.13. The van der Waals surface area contributed by atoms with Crippen molar-refractivity contribution in [3.63, 3.8) is 0 Å². The molecule has 0 saturated carbocycles. The van der Waals surface area contributed by atoms with Gasteiger partial charge in [-0.05, 0) is 43.3 Å². The number of rotatable bonds is 10. The van der Waals surface area contributed by atoms with Gasteiger partial charge in [0.2, 0.25) is 5.91 Å². The van der Waals surface area contributed by atoms with E-state index in [9.17, 15) is 13.2 Å². The van der Waals surface area contributed by atoms with Crippen molar-refractivity contribution in [1.29, 1.82) is 0 Å². The molecule has 0 unspecified atom stereocenters. The Bertz CT molecular complexity index is 903. The first kappa shape index (κ1) is 22.4. The van der Waals surface area contributed by atoms with Gasteiger partial charge >= 0.3 is 0 Å². The van der Waals surface area contributed by atoms with Crippen LogP contribution in [0.25, 0.3) is 0 Å². The zero-order valence-electron chi connectivity index (χ0n) is 15.7. The molecule has 1 amide bonds. The van der Waals surface area contributed by atoms with Gasteiger partial charge < -0.3 is 15.4 Å². The smallest absolute Gasteiger partial charge is 0.239 e. The normalized spacial score (nSPS) is 11.1. The maximum Gasteiger partial charge on any atom is 0.239 e. The zero-order chi connectivity index (χ0) is 20.6. The number of amides is 1. The lowest BCUT2D eigenvalue weighted by molar-refractivity contribution is -0.119. The molecule has 0 heterocycles. The Labute approximate surface area is 174 Å². The molecule has 0 aliphatic carbocycles. The van der Waals surface area contributed by atoms with Gasteiger partial charge in [0.15, 0.2) is 9.84 Å². The fraction of sp³-hybridized carbons (Fsp3) is 0.316. The van der Waals surface area contributed by atoms with Gasteiger partial charge in [0.1, 0.15) is 5.75 Å². The van der Waals surface area contributed by atoms with Crippen molar-refractivity contribution in [3.8, 4) is 5.75 Å². The standard InChI is InChI=1S/C19H23ClN2O4S2/c1-3-26-15-6-9-17(18(12-15)28(2,24)25)22-13-19(23)21-10-11-27-16-7-4-14(20)5-8-16/h4-9,12,22H,3,10-11,13H2,1-2H3,(H,21,23). The van der Waals surface area contributed by atoms with Crippen molar-refractivity contribution in [2.75, 3.05) is 37.0 Å². The molecule has 6 nitrogen and oxygen atoms in total. The van der Waals surface area contributed by atoms with E-state index in [2.05, 4.69) is 10.6 Å². The summed E-state index contributed by atoms with van der Waals surface area (Å²) in [5, 5.41) is 6.37. The fourth-order valence-corrected chi connectivity index (χ4v) is 4.10. The second-order valence-electron chi connectivity index (χ2n) is 5.87. The van der Waals surface area contributed by atoms with Gasteiger partial charge in [-0.1, -0.05) is 11.6 Å². The molecule has 0 aliphatic rings. The summed E-state index contributed by atoms with van der Waals surface area (Å²) in [7, 11) is -3.46. The maximum absolute atomic E-state index is 12.0. The van der Waals surface area contributed by atoms with Crippen LogP contribution < -0.4 is 15.4 Å². The monoisotopic (exact) mass is 442 g/mol. The molecule has 2 rings (SSSR count). The molecule has 2 N–H and O–H groups in total. The first-order valence-corrected chi connectivity index (χ1v) is 11.9. The summed E-state index contributed by atoms with van der Waals surface area (Å²) in [4.78, 5) is 13.2. The van der Waals surface area contributed by atoms with Gasteiger partial charge in [0.05, 0.1) is 23.7 Å². The second kappa shape index (κ2) is 10.6. The summed E-state index contributed by atoms with van der Waals surface area (Å²) >= 11 is 7.46. The number of anilines is 1. The van der Waals surface area contributed by atoms with E-state index in [1.807, 2.05) is 31.2 Å². The molecule has 2 aromatic rings. The summed E-state index contributed by atoms with van der Waals surface area (Å²) in [5.41, 5.74) is 0.372. The molecule has 28 heavy (non-hydrogen) atoms. The van der Waals surface area contributed by atoms with Crippen LogP contribution in [0.4, 0.5) is 5.69 Å². The number of sulfone groups is 1. The van der Waals surface area contributed by atoms with Crippen molar-refractivity contribution in [2.45, 2.75) is 16.7 Å². The highest BCUT2D eigenvalue weighted by atomic mass is 35.5. The minimum Gasteiger partial charge on any atom is -0.494 e. The van der Waals surface area contributed by atoms with E-state index in [1.165, 1.54) is 6.07 Å². The Kier molecular flexibility index (Phi) is 8.47. The molecule has 0 bridgehead atoms. The molecule has 152 valence electrons. The van der Waals surface area contributed by atoms with E-state index < -0.39 is 9.84 Å². The minimum absolute atomic E-state index is 0.0257. The van der Waals surface area contributed by atoms with Gasteiger partial charge in [-0.15, -0.1) is 11.8 Å². The summed E-state index contributed by atoms with van der Waals surface area (Å²) in [6, 6.07) is 12.2. The molecule has 9 heteroatoms. The molecule has 0 saturated heterocycles. The highest BCUT2D eigenvalue weighted by Crippen LogP contribution is 2.26. The Balaban J connectivity index is 1.84. The highest BCUT2D eigenvalue weighted by Gasteiger charge is 2.15. The predicted octanol–water partition coefficient (Wildman–Crippen LogP) is 3.46. The average molecular weight is 443 g/mol. The van der Waals surface area contributed by atoms with Gasteiger partial charge in [-0.25, -0.2) is 8.42 Å². The first-order chi connectivity index (χ1) is 13.3. The van der Waals surface area contributed by atoms with E-state index in [4.69, 9.17) is 16.3 Å². The number of halogens is 1. The number of hydrogen-bond donors (Lipinski definition) is 2. The molecule has 0 aromatic heterocycles. The molecule has 2 aromatic carbocycles. The molecule has 0 radical (unpaired) electrons. The van der Waals surface area contributed by atoms with E-state index >= 15 is 0 Å². The Morgan fingerprint density at radius 2 is 1.89 bits per heavy atom. The van der Waals surface area contributed by atoms with E-state index in [0.717, 1.165) is 11.2 Å².